The van der Waals surface area contributed by atoms with E-state index in [9.17, 15) is 4.79 Å². The molecule has 21 heavy (non-hydrogen) atoms. The first-order valence-corrected chi connectivity index (χ1v) is 7.85. The average Bonchev–Trinajstić information content (AvgIpc) is 2.38. The predicted octanol–water partition coefficient (Wildman–Crippen LogP) is 5.60. The Balaban J connectivity index is 4.35. The fourth-order valence-corrected chi connectivity index (χ4v) is 1.84. The van der Waals surface area contributed by atoms with Crippen LogP contribution >= 0.6 is 0 Å². The summed E-state index contributed by atoms with van der Waals surface area (Å²) in [5, 5.41) is 0. The van der Waals surface area contributed by atoms with Gasteiger partial charge in [-0.15, -0.1) is 0 Å². The van der Waals surface area contributed by atoms with Crippen molar-refractivity contribution in [2.75, 3.05) is 0 Å². The SMILES string of the molecule is C=C[C@@](C)(CC/C=C(\C)CCC=C(C)C)OC(=O)C(C)C. The van der Waals surface area contributed by atoms with Gasteiger partial charge in [0.1, 0.15) is 5.60 Å². The molecule has 0 aromatic rings. The van der Waals surface area contributed by atoms with Crippen LogP contribution in [0.1, 0.15) is 67.2 Å². The second kappa shape index (κ2) is 9.59. The van der Waals surface area contributed by atoms with Gasteiger partial charge in [0.05, 0.1) is 5.92 Å². The van der Waals surface area contributed by atoms with Crippen molar-refractivity contribution in [1.29, 1.82) is 0 Å². The van der Waals surface area contributed by atoms with Gasteiger partial charge in [-0.2, -0.15) is 0 Å². The van der Waals surface area contributed by atoms with Gasteiger partial charge in [-0.3, -0.25) is 4.79 Å². The Labute approximate surface area is 131 Å². The van der Waals surface area contributed by atoms with Crippen molar-refractivity contribution < 1.29 is 9.53 Å². The van der Waals surface area contributed by atoms with E-state index in [1.165, 1.54) is 11.1 Å². The van der Waals surface area contributed by atoms with Gasteiger partial charge in [0, 0.05) is 0 Å². The van der Waals surface area contributed by atoms with Gasteiger partial charge < -0.3 is 4.74 Å². The van der Waals surface area contributed by atoms with Crippen LogP contribution in [0, 0.1) is 5.92 Å². The maximum Gasteiger partial charge on any atom is 0.309 e. The molecule has 0 aromatic heterocycles. The summed E-state index contributed by atoms with van der Waals surface area (Å²) in [6.07, 6.45) is 10.1. The quantitative estimate of drug-likeness (QED) is 0.408. The maximum atomic E-state index is 11.7. The van der Waals surface area contributed by atoms with Crippen molar-refractivity contribution in [2.24, 2.45) is 5.92 Å². The van der Waals surface area contributed by atoms with E-state index in [1.54, 1.807) is 6.08 Å². The summed E-state index contributed by atoms with van der Waals surface area (Å²) in [6.45, 7) is 15.8. The van der Waals surface area contributed by atoms with Crippen LogP contribution in [0.4, 0.5) is 0 Å². The third-order valence-electron chi connectivity index (χ3n) is 3.46. The number of hydrogen-bond acceptors (Lipinski definition) is 2. The Morgan fingerprint density at radius 3 is 2.29 bits per heavy atom. The molecule has 0 aliphatic carbocycles. The van der Waals surface area contributed by atoms with Crippen LogP contribution in [0.2, 0.25) is 0 Å². The number of rotatable bonds is 9. The smallest absolute Gasteiger partial charge is 0.309 e. The molecule has 0 spiro atoms. The summed E-state index contributed by atoms with van der Waals surface area (Å²) in [5.74, 6) is -0.271. The van der Waals surface area contributed by atoms with Gasteiger partial charge in [-0.1, -0.05) is 43.7 Å². The van der Waals surface area contributed by atoms with E-state index in [-0.39, 0.29) is 11.9 Å². The van der Waals surface area contributed by atoms with Crippen LogP contribution in [0.15, 0.2) is 36.0 Å². The van der Waals surface area contributed by atoms with E-state index in [2.05, 4.69) is 39.5 Å². The van der Waals surface area contributed by atoms with Gasteiger partial charge in [-0.05, 0) is 59.5 Å². The summed E-state index contributed by atoms with van der Waals surface area (Å²) in [7, 11) is 0. The standard InChI is InChI=1S/C19H32O2/c1-8-19(7,21-18(20)16(4)5)14-10-13-17(6)12-9-11-15(2)3/h8,11,13,16H,1,9-10,12,14H2,2-7H3/b17-13+/t19-/m0/s1. The van der Waals surface area contributed by atoms with E-state index >= 15 is 0 Å². The Bertz CT molecular complexity index is 398. The zero-order valence-corrected chi connectivity index (χ0v) is 14.7. The Morgan fingerprint density at radius 2 is 1.81 bits per heavy atom. The molecule has 0 aromatic carbocycles. The van der Waals surface area contributed by atoms with Gasteiger partial charge in [0.2, 0.25) is 0 Å². The summed E-state index contributed by atoms with van der Waals surface area (Å²) >= 11 is 0. The fraction of sp³-hybridized carbons (Fsp3) is 0.632. The minimum absolute atomic E-state index is 0.106. The zero-order chi connectivity index (χ0) is 16.5. The lowest BCUT2D eigenvalue weighted by Crippen LogP contribution is -2.31. The molecule has 0 heterocycles. The molecule has 0 saturated heterocycles. The molecule has 120 valence electrons. The van der Waals surface area contributed by atoms with Crippen molar-refractivity contribution >= 4 is 5.97 Å². The molecule has 0 N–H and O–H groups in total. The molecule has 0 bridgehead atoms. The lowest BCUT2D eigenvalue weighted by Gasteiger charge is -2.26. The summed E-state index contributed by atoms with van der Waals surface area (Å²) in [6, 6.07) is 0. The van der Waals surface area contributed by atoms with E-state index in [1.807, 2.05) is 20.8 Å². The number of esters is 1. The molecule has 0 aliphatic heterocycles. The second-order valence-electron chi connectivity index (χ2n) is 6.50. The topological polar surface area (TPSA) is 26.3 Å². The summed E-state index contributed by atoms with van der Waals surface area (Å²) < 4.78 is 5.55. The van der Waals surface area contributed by atoms with Gasteiger partial charge in [0.15, 0.2) is 0 Å². The number of carbonyl (C=O) groups excluding carboxylic acids is 1. The molecule has 2 nitrogen and oxygen atoms in total. The largest absolute Gasteiger partial charge is 0.455 e. The lowest BCUT2D eigenvalue weighted by molar-refractivity contribution is -0.158. The zero-order valence-electron chi connectivity index (χ0n) is 14.7. The molecular weight excluding hydrogens is 260 g/mol. The molecule has 0 aliphatic rings. The van der Waals surface area contributed by atoms with Gasteiger partial charge in [-0.25, -0.2) is 0 Å². The highest BCUT2D eigenvalue weighted by atomic mass is 16.6. The van der Waals surface area contributed by atoms with Crippen LogP contribution in [0.25, 0.3) is 0 Å². The van der Waals surface area contributed by atoms with Crippen molar-refractivity contribution in [1.82, 2.24) is 0 Å². The Hall–Kier alpha value is -1.31. The number of ether oxygens (including phenoxy) is 1. The Kier molecular flexibility index (Phi) is 9.00. The first kappa shape index (κ1) is 19.7. The molecule has 0 saturated carbocycles. The molecule has 2 heteroatoms. The third-order valence-corrected chi connectivity index (χ3v) is 3.46. The highest BCUT2D eigenvalue weighted by Crippen LogP contribution is 2.22. The number of carbonyl (C=O) groups is 1. The van der Waals surface area contributed by atoms with Crippen LogP contribution in [-0.2, 0) is 9.53 Å². The van der Waals surface area contributed by atoms with Crippen LogP contribution in [0.3, 0.4) is 0 Å². The molecule has 0 amide bonds. The lowest BCUT2D eigenvalue weighted by atomic mass is 9.98. The molecular formula is C19H32O2. The minimum atomic E-state index is -0.571. The average molecular weight is 292 g/mol. The second-order valence-corrected chi connectivity index (χ2v) is 6.50. The molecule has 0 unspecified atom stereocenters. The highest BCUT2D eigenvalue weighted by molar-refractivity contribution is 5.72. The first-order chi connectivity index (χ1) is 9.70. The van der Waals surface area contributed by atoms with Crippen molar-refractivity contribution in [3.05, 3.63) is 36.0 Å². The van der Waals surface area contributed by atoms with Crippen LogP contribution in [0.5, 0.6) is 0 Å². The van der Waals surface area contributed by atoms with Gasteiger partial charge >= 0.3 is 5.97 Å². The minimum Gasteiger partial charge on any atom is -0.455 e. The number of hydrogen-bond donors (Lipinski definition) is 0. The van der Waals surface area contributed by atoms with Crippen LogP contribution in [-0.4, -0.2) is 11.6 Å². The molecule has 1 atom stereocenters. The first-order valence-electron chi connectivity index (χ1n) is 7.85. The summed E-state index contributed by atoms with van der Waals surface area (Å²) in [4.78, 5) is 11.7. The normalized spacial score (nSPS) is 14.5. The summed E-state index contributed by atoms with van der Waals surface area (Å²) in [5.41, 5.74) is 2.18. The highest BCUT2D eigenvalue weighted by Gasteiger charge is 2.25. The molecule has 0 radical (unpaired) electrons. The third kappa shape index (κ3) is 9.28. The molecule has 0 rings (SSSR count). The van der Waals surface area contributed by atoms with Gasteiger partial charge in [0.25, 0.3) is 0 Å². The van der Waals surface area contributed by atoms with Crippen molar-refractivity contribution in [3.63, 3.8) is 0 Å². The van der Waals surface area contributed by atoms with E-state index in [0.717, 1.165) is 25.7 Å². The predicted molar refractivity (Wildman–Crippen MR) is 91.2 cm³/mol. The number of allylic oxidation sites excluding steroid dienone is 4. The van der Waals surface area contributed by atoms with E-state index < -0.39 is 5.60 Å². The maximum absolute atomic E-state index is 11.7. The molecule has 0 fully saturated rings. The van der Waals surface area contributed by atoms with E-state index in [0.29, 0.717) is 0 Å². The van der Waals surface area contributed by atoms with Crippen molar-refractivity contribution in [3.8, 4) is 0 Å². The van der Waals surface area contributed by atoms with Crippen molar-refractivity contribution in [2.45, 2.75) is 72.8 Å². The van der Waals surface area contributed by atoms with Crippen LogP contribution < -0.4 is 0 Å². The van der Waals surface area contributed by atoms with E-state index in [4.69, 9.17) is 4.74 Å². The Morgan fingerprint density at radius 1 is 1.19 bits per heavy atom. The monoisotopic (exact) mass is 292 g/mol. The fourth-order valence-electron chi connectivity index (χ4n) is 1.84.